The molecule has 2 atom stereocenters. The number of nitrogens with zero attached hydrogens (tertiary/aromatic N) is 1. The van der Waals surface area contributed by atoms with Crippen LogP contribution in [0.1, 0.15) is 51.0 Å². The van der Waals surface area contributed by atoms with E-state index in [1.165, 1.54) is 5.56 Å². The van der Waals surface area contributed by atoms with Crippen LogP contribution in [0.2, 0.25) is 6.32 Å². The van der Waals surface area contributed by atoms with E-state index in [0.29, 0.717) is 25.1 Å². The molecule has 1 aliphatic rings. The highest BCUT2D eigenvalue weighted by Gasteiger charge is 2.37. The maximum atomic E-state index is 11.7. The molecule has 2 radical (unpaired) electrons. The summed E-state index contributed by atoms with van der Waals surface area (Å²) in [7, 11) is 5.52. The zero-order chi connectivity index (χ0) is 19.0. The standard InChI is InChI=1S/C21H33BN2O2/c1-17(16-21(23,20(25)26)11-5-6-12-22)24-13-9-19(10-14-24)15-18-7-3-2-4-8-18/h2-4,7-8,17,19H,5-6,9-16,23H2,1H3,(H,25,26). The summed E-state index contributed by atoms with van der Waals surface area (Å²) in [5.41, 5.74) is 6.52. The number of benzene rings is 1. The second kappa shape index (κ2) is 10.1. The molecule has 0 spiro atoms. The summed E-state index contributed by atoms with van der Waals surface area (Å²) in [6.45, 7) is 4.17. The molecule has 0 saturated carbocycles. The van der Waals surface area contributed by atoms with Crippen molar-refractivity contribution in [2.24, 2.45) is 11.7 Å². The van der Waals surface area contributed by atoms with Crippen LogP contribution in [0.25, 0.3) is 0 Å². The van der Waals surface area contributed by atoms with Gasteiger partial charge < -0.3 is 15.7 Å². The van der Waals surface area contributed by atoms with Crippen molar-refractivity contribution in [1.82, 2.24) is 4.90 Å². The minimum absolute atomic E-state index is 0.187. The maximum Gasteiger partial charge on any atom is 0.323 e. The summed E-state index contributed by atoms with van der Waals surface area (Å²) in [5.74, 6) is -0.173. The lowest BCUT2D eigenvalue weighted by Crippen LogP contribution is -2.53. The van der Waals surface area contributed by atoms with Gasteiger partial charge in [-0.25, -0.2) is 0 Å². The first kappa shape index (κ1) is 21.0. The lowest BCUT2D eigenvalue weighted by atomic mass is 9.84. The van der Waals surface area contributed by atoms with Gasteiger partial charge in [0.2, 0.25) is 0 Å². The summed E-state index contributed by atoms with van der Waals surface area (Å²) >= 11 is 0. The van der Waals surface area contributed by atoms with Crippen LogP contribution in [-0.4, -0.2) is 48.5 Å². The van der Waals surface area contributed by atoms with E-state index in [2.05, 4.69) is 42.2 Å². The van der Waals surface area contributed by atoms with E-state index in [1.807, 2.05) is 0 Å². The molecule has 1 saturated heterocycles. The van der Waals surface area contributed by atoms with Crippen LogP contribution in [0.5, 0.6) is 0 Å². The molecule has 0 aliphatic carbocycles. The number of hydrogen-bond acceptors (Lipinski definition) is 3. The Kier molecular flexibility index (Phi) is 8.17. The second-order valence-electron chi connectivity index (χ2n) is 7.93. The Morgan fingerprint density at radius 2 is 1.96 bits per heavy atom. The largest absolute Gasteiger partial charge is 0.480 e. The number of likely N-dealkylation sites (tertiary alicyclic amines) is 1. The summed E-state index contributed by atoms with van der Waals surface area (Å²) < 4.78 is 0. The van der Waals surface area contributed by atoms with Crippen molar-refractivity contribution in [3.63, 3.8) is 0 Å². The molecule has 2 rings (SSSR count). The Bertz CT molecular complexity index is 546. The Balaban J connectivity index is 1.82. The van der Waals surface area contributed by atoms with E-state index in [1.54, 1.807) is 0 Å². The van der Waals surface area contributed by atoms with Gasteiger partial charge in [-0.3, -0.25) is 4.79 Å². The first-order valence-corrected chi connectivity index (χ1v) is 9.95. The number of rotatable bonds is 10. The molecule has 1 aliphatic heterocycles. The molecule has 1 aromatic carbocycles. The van der Waals surface area contributed by atoms with Gasteiger partial charge in [-0.1, -0.05) is 49.5 Å². The van der Waals surface area contributed by atoms with E-state index in [0.717, 1.165) is 45.2 Å². The van der Waals surface area contributed by atoms with Crippen LogP contribution < -0.4 is 5.73 Å². The van der Waals surface area contributed by atoms with E-state index >= 15 is 0 Å². The Labute approximate surface area is 159 Å². The van der Waals surface area contributed by atoms with E-state index in [4.69, 9.17) is 13.6 Å². The Hall–Kier alpha value is -1.33. The summed E-state index contributed by atoms with van der Waals surface area (Å²) in [6.07, 6.45) is 6.63. The Morgan fingerprint density at radius 1 is 1.31 bits per heavy atom. The van der Waals surface area contributed by atoms with Crippen LogP contribution in [0.4, 0.5) is 0 Å². The van der Waals surface area contributed by atoms with Crippen molar-refractivity contribution in [2.75, 3.05) is 13.1 Å². The molecule has 0 bridgehead atoms. The van der Waals surface area contributed by atoms with Crippen LogP contribution in [0.3, 0.4) is 0 Å². The number of hydrogen-bond donors (Lipinski definition) is 2. The van der Waals surface area contributed by atoms with Crippen molar-refractivity contribution in [2.45, 2.75) is 69.8 Å². The van der Waals surface area contributed by atoms with E-state index in [-0.39, 0.29) is 6.04 Å². The SMILES string of the molecule is [B]CCCCC(N)(CC(C)N1CCC(Cc2ccccc2)CC1)C(=O)O. The highest BCUT2D eigenvalue weighted by molar-refractivity contribution is 6.08. The minimum atomic E-state index is -1.14. The molecule has 1 aromatic rings. The van der Waals surface area contributed by atoms with Gasteiger partial charge in [0, 0.05) is 6.04 Å². The Morgan fingerprint density at radius 3 is 2.54 bits per heavy atom. The first-order chi connectivity index (χ1) is 12.4. The average molecular weight is 356 g/mol. The quantitative estimate of drug-likeness (QED) is 0.499. The van der Waals surface area contributed by atoms with Gasteiger partial charge in [-0.05, 0) is 63.6 Å². The second-order valence-corrected chi connectivity index (χ2v) is 7.93. The number of carbonyl (C=O) groups is 1. The predicted octanol–water partition coefficient (Wildman–Crippen LogP) is 3.26. The van der Waals surface area contributed by atoms with Crippen molar-refractivity contribution in [1.29, 1.82) is 0 Å². The van der Waals surface area contributed by atoms with Gasteiger partial charge in [0.25, 0.3) is 0 Å². The van der Waals surface area contributed by atoms with Crippen molar-refractivity contribution in [3.8, 4) is 0 Å². The van der Waals surface area contributed by atoms with Gasteiger partial charge in [-0.2, -0.15) is 0 Å². The average Bonchev–Trinajstić information content (AvgIpc) is 2.63. The van der Waals surface area contributed by atoms with Crippen molar-refractivity contribution >= 4 is 13.8 Å². The predicted molar refractivity (Wildman–Crippen MR) is 107 cm³/mol. The normalized spacial score (nSPS) is 19.8. The topological polar surface area (TPSA) is 66.6 Å². The fraction of sp³-hybridized carbons (Fsp3) is 0.667. The third kappa shape index (κ3) is 6.13. The van der Waals surface area contributed by atoms with Crippen LogP contribution in [-0.2, 0) is 11.2 Å². The zero-order valence-corrected chi connectivity index (χ0v) is 16.1. The number of carboxylic acids is 1. The van der Waals surface area contributed by atoms with Crippen LogP contribution in [0, 0.1) is 5.92 Å². The summed E-state index contributed by atoms with van der Waals surface area (Å²) in [5, 5.41) is 9.61. The third-order valence-electron chi connectivity index (χ3n) is 5.80. The molecule has 142 valence electrons. The van der Waals surface area contributed by atoms with Crippen LogP contribution >= 0.6 is 0 Å². The monoisotopic (exact) mass is 356 g/mol. The fourth-order valence-corrected chi connectivity index (χ4v) is 4.08. The number of piperidine rings is 1. The van der Waals surface area contributed by atoms with Gasteiger partial charge in [0.05, 0.1) is 7.85 Å². The van der Waals surface area contributed by atoms with E-state index in [9.17, 15) is 9.90 Å². The van der Waals surface area contributed by atoms with E-state index < -0.39 is 11.5 Å². The minimum Gasteiger partial charge on any atom is -0.480 e. The molecule has 0 aromatic heterocycles. The van der Waals surface area contributed by atoms with Crippen LogP contribution in [0.15, 0.2) is 30.3 Å². The molecule has 0 amide bonds. The van der Waals surface area contributed by atoms with Gasteiger partial charge in [-0.15, -0.1) is 0 Å². The molecular formula is C21H33BN2O2. The summed E-state index contributed by atoms with van der Waals surface area (Å²) in [6, 6.07) is 10.8. The smallest absolute Gasteiger partial charge is 0.323 e. The summed E-state index contributed by atoms with van der Waals surface area (Å²) in [4.78, 5) is 14.1. The zero-order valence-electron chi connectivity index (χ0n) is 16.1. The lowest BCUT2D eigenvalue weighted by molar-refractivity contribution is -0.144. The van der Waals surface area contributed by atoms with Gasteiger partial charge >= 0.3 is 5.97 Å². The van der Waals surface area contributed by atoms with Gasteiger partial charge in [0.15, 0.2) is 0 Å². The molecular weight excluding hydrogens is 323 g/mol. The molecule has 5 heteroatoms. The number of unbranched alkanes of at least 4 members (excludes halogenated alkanes) is 1. The highest BCUT2D eigenvalue weighted by atomic mass is 16.4. The highest BCUT2D eigenvalue weighted by Crippen LogP contribution is 2.27. The third-order valence-corrected chi connectivity index (χ3v) is 5.80. The maximum absolute atomic E-state index is 11.7. The fourth-order valence-electron chi connectivity index (χ4n) is 4.08. The molecule has 1 fully saturated rings. The van der Waals surface area contributed by atoms with Crippen molar-refractivity contribution < 1.29 is 9.90 Å². The molecule has 1 heterocycles. The molecule has 4 nitrogen and oxygen atoms in total. The molecule has 26 heavy (non-hydrogen) atoms. The first-order valence-electron chi connectivity index (χ1n) is 9.95. The molecule has 3 N–H and O–H groups in total. The van der Waals surface area contributed by atoms with Gasteiger partial charge in [0.1, 0.15) is 5.54 Å². The number of carboxylic acid groups (broad SMARTS) is 1. The van der Waals surface area contributed by atoms with Crippen molar-refractivity contribution in [3.05, 3.63) is 35.9 Å². The molecule has 2 unspecified atom stereocenters. The lowest BCUT2D eigenvalue weighted by Gasteiger charge is -2.39. The number of aliphatic carboxylic acids is 1. The number of nitrogens with two attached hydrogens (primary N) is 1.